The summed E-state index contributed by atoms with van der Waals surface area (Å²) in [6.45, 7) is 2.40. The molecular formula is C9H13N5O3. The quantitative estimate of drug-likeness (QED) is 0.687. The van der Waals surface area contributed by atoms with Crippen molar-refractivity contribution in [3.8, 4) is 0 Å². The van der Waals surface area contributed by atoms with Crippen molar-refractivity contribution in [2.75, 3.05) is 26.7 Å². The lowest BCUT2D eigenvalue weighted by Gasteiger charge is -2.12. The van der Waals surface area contributed by atoms with E-state index in [9.17, 15) is 9.59 Å². The van der Waals surface area contributed by atoms with Gasteiger partial charge in [0.05, 0.1) is 19.9 Å². The largest absolute Gasteiger partial charge is 0.464 e. The molecule has 0 aliphatic carbocycles. The van der Waals surface area contributed by atoms with E-state index in [1.165, 1.54) is 18.0 Å². The summed E-state index contributed by atoms with van der Waals surface area (Å²) >= 11 is 0. The molecular weight excluding hydrogens is 226 g/mol. The Morgan fingerprint density at radius 2 is 2.41 bits per heavy atom. The number of urea groups is 1. The predicted molar refractivity (Wildman–Crippen MR) is 56.3 cm³/mol. The van der Waals surface area contributed by atoms with E-state index in [2.05, 4.69) is 20.4 Å². The third kappa shape index (κ3) is 2.52. The summed E-state index contributed by atoms with van der Waals surface area (Å²) in [5, 5.41) is 10.2. The fraction of sp³-hybridized carbons (Fsp3) is 0.556. The van der Waals surface area contributed by atoms with Gasteiger partial charge in [-0.3, -0.25) is 0 Å². The van der Waals surface area contributed by atoms with Crippen molar-refractivity contribution < 1.29 is 14.3 Å². The Kier molecular flexibility index (Phi) is 3.22. The number of methoxy groups -OCH3 is 1. The molecule has 0 radical (unpaired) electrons. The average molecular weight is 239 g/mol. The minimum Gasteiger partial charge on any atom is -0.464 e. The van der Waals surface area contributed by atoms with Gasteiger partial charge >= 0.3 is 12.0 Å². The van der Waals surface area contributed by atoms with Crippen molar-refractivity contribution in [2.24, 2.45) is 0 Å². The molecule has 1 fully saturated rings. The van der Waals surface area contributed by atoms with Crippen LogP contribution >= 0.6 is 0 Å². The Balaban J connectivity index is 1.89. The van der Waals surface area contributed by atoms with Crippen LogP contribution in [0.3, 0.4) is 0 Å². The lowest BCUT2D eigenvalue weighted by molar-refractivity contribution is 0.0594. The van der Waals surface area contributed by atoms with Gasteiger partial charge in [-0.05, 0) is 0 Å². The number of esters is 1. The van der Waals surface area contributed by atoms with Crippen LogP contribution in [0.25, 0.3) is 0 Å². The molecule has 1 aromatic heterocycles. The van der Waals surface area contributed by atoms with E-state index in [1.54, 1.807) is 4.90 Å². The van der Waals surface area contributed by atoms with Crippen molar-refractivity contribution in [3.63, 3.8) is 0 Å². The van der Waals surface area contributed by atoms with E-state index in [4.69, 9.17) is 0 Å². The highest BCUT2D eigenvalue weighted by Gasteiger charge is 2.19. The summed E-state index contributed by atoms with van der Waals surface area (Å²) < 4.78 is 6.03. The first kappa shape index (κ1) is 11.4. The minimum absolute atomic E-state index is 0.0710. The number of aromatic nitrogens is 3. The summed E-state index contributed by atoms with van der Waals surface area (Å²) in [4.78, 5) is 24.1. The molecule has 1 saturated heterocycles. The molecule has 0 aromatic carbocycles. The predicted octanol–water partition coefficient (Wildman–Crippen LogP) is -0.910. The van der Waals surface area contributed by atoms with Crippen LogP contribution < -0.4 is 5.32 Å². The summed E-state index contributed by atoms with van der Waals surface area (Å²) in [5.74, 6) is -0.518. The topological polar surface area (TPSA) is 89.4 Å². The van der Waals surface area contributed by atoms with Crippen molar-refractivity contribution in [1.29, 1.82) is 0 Å². The number of ether oxygens (including phenoxy) is 1. The van der Waals surface area contributed by atoms with E-state index in [-0.39, 0.29) is 11.7 Å². The second kappa shape index (κ2) is 4.81. The highest BCUT2D eigenvalue weighted by molar-refractivity contribution is 5.86. The first-order chi connectivity index (χ1) is 8.20. The van der Waals surface area contributed by atoms with Gasteiger partial charge < -0.3 is 15.0 Å². The number of carbonyl (C=O) groups excluding carboxylic acids is 2. The zero-order chi connectivity index (χ0) is 12.3. The van der Waals surface area contributed by atoms with Gasteiger partial charge in [-0.15, -0.1) is 5.10 Å². The lowest BCUT2D eigenvalue weighted by atomic mass is 10.5. The van der Waals surface area contributed by atoms with Crippen LogP contribution in [0.15, 0.2) is 6.20 Å². The fourth-order valence-electron chi connectivity index (χ4n) is 1.55. The van der Waals surface area contributed by atoms with Gasteiger partial charge in [-0.1, -0.05) is 5.21 Å². The van der Waals surface area contributed by atoms with Gasteiger partial charge in [0.1, 0.15) is 0 Å². The molecule has 0 unspecified atom stereocenters. The number of amides is 2. The van der Waals surface area contributed by atoms with Crippen LogP contribution in [-0.2, 0) is 11.3 Å². The van der Waals surface area contributed by atoms with Gasteiger partial charge in [0, 0.05) is 19.6 Å². The lowest BCUT2D eigenvalue weighted by Crippen LogP contribution is -2.31. The molecule has 8 nitrogen and oxygen atoms in total. The molecule has 92 valence electrons. The second-order valence-corrected chi connectivity index (χ2v) is 3.58. The molecule has 2 amide bonds. The summed E-state index contributed by atoms with van der Waals surface area (Å²) in [6, 6.07) is -0.0710. The maximum atomic E-state index is 11.3. The normalized spacial score (nSPS) is 14.9. The van der Waals surface area contributed by atoms with E-state index in [0.717, 1.165) is 0 Å². The molecule has 0 bridgehead atoms. The third-order valence-electron chi connectivity index (χ3n) is 2.48. The molecule has 1 aliphatic rings. The highest BCUT2D eigenvalue weighted by atomic mass is 16.5. The summed E-state index contributed by atoms with van der Waals surface area (Å²) in [6.07, 6.45) is 1.50. The third-order valence-corrected chi connectivity index (χ3v) is 2.48. The fourth-order valence-corrected chi connectivity index (χ4v) is 1.55. The standard InChI is InChI=1S/C9H13N5O3/c1-17-8(15)7-6-14(12-11-7)5-4-13-3-2-10-9(13)16/h6H,2-5H2,1H3,(H,10,16). The van der Waals surface area contributed by atoms with E-state index in [1.807, 2.05) is 0 Å². The summed E-state index contributed by atoms with van der Waals surface area (Å²) in [7, 11) is 1.29. The number of rotatable bonds is 4. The molecule has 17 heavy (non-hydrogen) atoms. The molecule has 1 aromatic rings. The summed E-state index contributed by atoms with van der Waals surface area (Å²) in [5.41, 5.74) is 0.165. The second-order valence-electron chi connectivity index (χ2n) is 3.58. The highest BCUT2D eigenvalue weighted by Crippen LogP contribution is 1.99. The Bertz CT molecular complexity index is 430. The number of nitrogens with one attached hydrogen (secondary N) is 1. The number of hydrogen-bond donors (Lipinski definition) is 1. The minimum atomic E-state index is -0.518. The smallest absolute Gasteiger partial charge is 0.360 e. The number of hydrogen-bond acceptors (Lipinski definition) is 5. The molecule has 2 rings (SSSR count). The SMILES string of the molecule is COC(=O)c1cn(CCN2CCNC2=O)nn1. The average Bonchev–Trinajstić information content (AvgIpc) is 2.94. The zero-order valence-corrected chi connectivity index (χ0v) is 9.42. The van der Waals surface area contributed by atoms with Gasteiger partial charge in [0.25, 0.3) is 0 Å². The molecule has 0 atom stereocenters. The monoisotopic (exact) mass is 239 g/mol. The molecule has 8 heteroatoms. The van der Waals surface area contributed by atoms with Crippen molar-refractivity contribution in [2.45, 2.75) is 6.54 Å². The Hall–Kier alpha value is -2.12. The van der Waals surface area contributed by atoms with Gasteiger partial charge in [0.15, 0.2) is 5.69 Å². The Morgan fingerprint density at radius 1 is 1.59 bits per heavy atom. The van der Waals surface area contributed by atoms with Crippen LogP contribution in [0.2, 0.25) is 0 Å². The van der Waals surface area contributed by atoms with Crippen LogP contribution in [0.1, 0.15) is 10.5 Å². The van der Waals surface area contributed by atoms with Crippen LogP contribution in [0.5, 0.6) is 0 Å². The molecule has 1 N–H and O–H groups in total. The van der Waals surface area contributed by atoms with E-state index in [0.29, 0.717) is 26.2 Å². The van der Waals surface area contributed by atoms with Gasteiger partial charge in [-0.2, -0.15) is 0 Å². The first-order valence-corrected chi connectivity index (χ1v) is 5.22. The van der Waals surface area contributed by atoms with Gasteiger partial charge in [0.2, 0.25) is 0 Å². The molecule has 2 heterocycles. The number of carbonyl (C=O) groups is 2. The van der Waals surface area contributed by atoms with Crippen molar-refractivity contribution in [3.05, 3.63) is 11.9 Å². The number of nitrogens with zero attached hydrogens (tertiary/aromatic N) is 4. The van der Waals surface area contributed by atoms with Crippen LogP contribution in [0, 0.1) is 0 Å². The molecule has 1 aliphatic heterocycles. The van der Waals surface area contributed by atoms with Crippen LogP contribution in [0.4, 0.5) is 4.79 Å². The Morgan fingerprint density at radius 3 is 3.06 bits per heavy atom. The van der Waals surface area contributed by atoms with Crippen LogP contribution in [-0.4, -0.2) is 58.6 Å². The maximum absolute atomic E-state index is 11.3. The molecule has 0 spiro atoms. The Labute approximate surface area is 97.5 Å². The molecule has 0 saturated carbocycles. The van der Waals surface area contributed by atoms with E-state index >= 15 is 0 Å². The first-order valence-electron chi connectivity index (χ1n) is 5.22. The zero-order valence-electron chi connectivity index (χ0n) is 9.42. The van der Waals surface area contributed by atoms with Crippen molar-refractivity contribution >= 4 is 12.0 Å². The van der Waals surface area contributed by atoms with Crippen molar-refractivity contribution in [1.82, 2.24) is 25.2 Å². The van der Waals surface area contributed by atoms with E-state index < -0.39 is 5.97 Å². The van der Waals surface area contributed by atoms with Gasteiger partial charge in [-0.25, -0.2) is 14.3 Å². The maximum Gasteiger partial charge on any atom is 0.360 e.